The largest absolute Gasteiger partial charge is 0.302 e. The number of rotatable bonds is 6. The lowest BCUT2D eigenvalue weighted by Gasteiger charge is -2.22. The minimum atomic E-state index is -2.82. The van der Waals surface area contributed by atoms with Gasteiger partial charge in [0.25, 0.3) is 0 Å². The van der Waals surface area contributed by atoms with Crippen LogP contribution in [0.4, 0.5) is 0 Å². The zero-order chi connectivity index (χ0) is 13.9. The molecule has 0 amide bonds. The number of hydrogen-bond donors (Lipinski definition) is 0. The molecule has 2 heterocycles. The molecule has 0 saturated carbocycles. The fourth-order valence-electron chi connectivity index (χ4n) is 2.36. The van der Waals surface area contributed by atoms with Crippen molar-refractivity contribution in [3.05, 3.63) is 22.4 Å². The van der Waals surface area contributed by atoms with Gasteiger partial charge in [-0.25, -0.2) is 8.42 Å². The molecule has 1 aromatic heterocycles. The standard InChI is InChI=1S/C13H19NO3S2/c1-14(11-6-9-19(16,17)10-11)7-2-4-12(15)13-5-3-8-18-13/h3,5,8,11H,2,4,6-7,9-10H2,1H3. The summed E-state index contributed by atoms with van der Waals surface area (Å²) in [7, 11) is -0.879. The second kappa shape index (κ2) is 6.15. The molecule has 1 aliphatic heterocycles. The summed E-state index contributed by atoms with van der Waals surface area (Å²) < 4.78 is 22.8. The number of nitrogens with zero attached hydrogens (tertiary/aromatic N) is 1. The SMILES string of the molecule is CN(CCCC(=O)c1cccs1)C1CCS(=O)(=O)C1. The van der Waals surface area contributed by atoms with Crippen molar-refractivity contribution in [3.63, 3.8) is 0 Å². The van der Waals surface area contributed by atoms with Crippen molar-refractivity contribution < 1.29 is 13.2 Å². The number of sulfone groups is 1. The van der Waals surface area contributed by atoms with Crippen molar-refractivity contribution in [2.75, 3.05) is 25.1 Å². The molecule has 1 atom stereocenters. The minimum Gasteiger partial charge on any atom is -0.302 e. The molecule has 1 unspecified atom stereocenters. The molecule has 0 spiro atoms. The van der Waals surface area contributed by atoms with Crippen LogP contribution in [0.3, 0.4) is 0 Å². The molecular formula is C13H19NO3S2. The Hall–Kier alpha value is -0.720. The lowest BCUT2D eigenvalue weighted by Crippen LogP contribution is -2.33. The van der Waals surface area contributed by atoms with Gasteiger partial charge in [0.2, 0.25) is 0 Å². The summed E-state index contributed by atoms with van der Waals surface area (Å²) in [4.78, 5) is 14.7. The Bertz CT molecular complexity index is 522. The van der Waals surface area contributed by atoms with E-state index in [0.29, 0.717) is 12.2 Å². The maximum Gasteiger partial charge on any atom is 0.172 e. The van der Waals surface area contributed by atoms with Gasteiger partial charge in [0.05, 0.1) is 16.4 Å². The molecule has 0 aliphatic carbocycles. The maximum absolute atomic E-state index is 11.8. The highest BCUT2D eigenvalue weighted by molar-refractivity contribution is 7.91. The van der Waals surface area contributed by atoms with Crippen molar-refractivity contribution in [1.82, 2.24) is 4.90 Å². The summed E-state index contributed by atoms with van der Waals surface area (Å²) in [5.74, 6) is 0.751. The minimum absolute atomic E-state index is 0.127. The van der Waals surface area contributed by atoms with E-state index in [-0.39, 0.29) is 17.6 Å². The van der Waals surface area contributed by atoms with E-state index >= 15 is 0 Å². The Morgan fingerprint density at radius 1 is 1.53 bits per heavy atom. The third kappa shape index (κ3) is 4.12. The van der Waals surface area contributed by atoms with Crippen molar-refractivity contribution in [2.24, 2.45) is 0 Å². The number of ketones is 1. The monoisotopic (exact) mass is 301 g/mol. The molecule has 2 rings (SSSR count). The van der Waals surface area contributed by atoms with Crippen LogP contribution in [0.1, 0.15) is 28.9 Å². The van der Waals surface area contributed by atoms with Crippen molar-refractivity contribution in [2.45, 2.75) is 25.3 Å². The van der Waals surface area contributed by atoms with Crippen LogP contribution in [0, 0.1) is 0 Å². The van der Waals surface area contributed by atoms with E-state index in [9.17, 15) is 13.2 Å². The van der Waals surface area contributed by atoms with Gasteiger partial charge < -0.3 is 4.90 Å². The Labute approximate surface area is 118 Å². The van der Waals surface area contributed by atoms with E-state index in [1.807, 2.05) is 24.6 Å². The van der Waals surface area contributed by atoms with E-state index in [4.69, 9.17) is 0 Å². The molecule has 106 valence electrons. The van der Waals surface area contributed by atoms with E-state index in [1.165, 1.54) is 11.3 Å². The van der Waals surface area contributed by atoms with Crippen LogP contribution in [-0.2, 0) is 9.84 Å². The molecule has 0 aromatic carbocycles. The number of hydrogen-bond acceptors (Lipinski definition) is 5. The average Bonchev–Trinajstić information content (AvgIpc) is 2.97. The lowest BCUT2D eigenvalue weighted by atomic mass is 10.1. The third-order valence-corrected chi connectivity index (χ3v) is 6.20. The summed E-state index contributed by atoms with van der Waals surface area (Å²) in [6, 6.07) is 3.86. The predicted octanol–water partition coefficient (Wildman–Crippen LogP) is 1.83. The normalized spacial score (nSPS) is 21.9. The summed E-state index contributed by atoms with van der Waals surface area (Å²) >= 11 is 1.47. The summed E-state index contributed by atoms with van der Waals surface area (Å²) in [5, 5.41) is 1.91. The van der Waals surface area contributed by atoms with E-state index < -0.39 is 9.84 Å². The molecule has 4 nitrogen and oxygen atoms in total. The fraction of sp³-hybridized carbons (Fsp3) is 0.615. The van der Waals surface area contributed by atoms with Gasteiger partial charge in [0, 0.05) is 12.5 Å². The number of carbonyl (C=O) groups excluding carboxylic acids is 1. The molecule has 1 saturated heterocycles. The van der Waals surface area contributed by atoms with Crippen LogP contribution in [0.5, 0.6) is 0 Å². The molecule has 1 fully saturated rings. The Kier molecular flexibility index (Phi) is 4.76. The van der Waals surface area contributed by atoms with Gasteiger partial charge in [0.1, 0.15) is 0 Å². The van der Waals surface area contributed by atoms with Crippen LogP contribution < -0.4 is 0 Å². The van der Waals surface area contributed by atoms with Gasteiger partial charge >= 0.3 is 0 Å². The van der Waals surface area contributed by atoms with Gasteiger partial charge in [-0.05, 0) is 37.9 Å². The molecule has 1 aliphatic rings. The number of thiophene rings is 1. The van der Waals surface area contributed by atoms with E-state index in [2.05, 4.69) is 4.90 Å². The van der Waals surface area contributed by atoms with Gasteiger partial charge in [-0.15, -0.1) is 11.3 Å². The van der Waals surface area contributed by atoms with Gasteiger partial charge in [-0.1, -0.05) is 6.07 Å². The first-order chi connectivity index (χ1) is 8.98. The number of Topliss-reactive ketones (excluding diaryl/α,β-unsaturated/α-hetero) is 1. The number of carbonyl (C=O) groups is 1. The molecule has 1 aromatic rings. The van der Waals surface area contributed by atoms with Crippen LogP contribution in [0.15, 0.2) is 17.5 Å². The van der Waals surface area contributed by atoms with E-state index in [1.54, 1.807) is 0 Å². The van der Waals surface area contributed by atoms with Crippen LogP contribution >= 0.6 is 11.3 Å². The first-order valence-corrected chi connectivity index (χ1v) is 9.15. The molecular weight excluding hydrogens is 282 g/mol. The summed E-state index contributed by atoms with van der Waals surface area (Å²) in [6.45, 7) is 0.775. The maximum atomic E-state index is 11.8. The van der Waals surface area contributed by atoms with Gasteiger partial charge in [0.15, 0.2) is 15.6 Å². The molecule has 6 heteroatoms. The Balaban J connectivity index is 1.73. The highest BCUT2D eigenvalue weighted by atomic mass is 32.2. The predicted molar refractivity (Wildman–Crippen MR) is 77.6 cm³/mol. The summed E-state index contributed by atoms with van der Waals surface area (Å²) in [5.41, 5.74) is 0. The van der Waals surface area contributed by atoms with Crippen LogP contribution in [0.25, 0.3) is 0 Å². The first-order valence-electron chi connectivity index (χ1n) is 6.45. The second-order valence-corrected chi connectivity index (χ2v) is 8.22. The zero-order valence-electron chi connectivity index (χ0n) is 11.0. The van der Waals surface area contributed by atoms with Gasteiger partial charge in [-0.2, -0.15) is 0 Å². The van der Waals surface area contributed by atoms with E-state index in [0.717, 1.165) is 24.3 Å². The first kappa shape index (κ1) is 14.7. The van der Waals surface area contributed by atoms with Crippen molar-refractivity contribution >= 4 is 27.0 Å². The van der Waals surface area contributed by atoms with Crippen molar-refractivity contribution in [1.29, 1.82) is 0 Å². The van der Waals surface area contributed by atoms with Crippen LogP contribution in [0.2, 0.25) is 0 Å². The highest BCUT2D eigenvalue weighted by Gasteiger charge is 2.30. The average molecular weight is 301 g/mol. The van der Waals surface area contributed by atoms with Crippen molar-refractivity contribution in [3.8, 4) is 0 Å². The lowest BCUT2D eigenvalue weighted by molar-refractivity contribution is 0.0978. The molecule has 0 radical (unpaired) electrons. The zero-order valence-corrected chi connectivity index (χ0v) is 12.7. The van der Waals surface area contributed by atoms with Gasteiger partial charge in [-0.3, -0.25) is 4.79 Å². The van der Waals surface area contributed by atoms with Crippen LogP contribution in [-0.4, -0.2) is 50.2 Å². The Morgan fingerprint density at radius 2 is 2.32 bits per heavy atom. The molecule has 19 heavy (non-hydrogen) atoms. The summed E-state index contributed by atoms with van der Waals surface area (Å²) in [6.07, 6.45) is 2.03. The molecule has 0 bridgehead atoms. The second-order valence-electron chi connectivity index (χ2n) is 5.04. The quantitative estimate of drug-likeness (QED) is 0.752. The third-order valence-electron chi connectivity index (χ3n) is 3.54. The topological polar surface area (TPSA) is 54.5 Å². The Morgan fingerprint density at radius 3 is 2.89 bits per heavy atom. The highest BCUT2D eigenvalue weighted by Crippen LogP contribution is 2.17. The fourth-order valence-corrected chi connectivity index (χ4v) is 4.85. The molecule has 0 N–H and O–H groups in total. The smallest absolute Gasteiger partial charge is 0.172 e.